The maximum atomic E-state index is 12.9. The standard InChI is InChI=1S/C21H21N3O3/c1-26-16-6-4-5-15(13-16)23-21(25)19-14-22-20(24-9-11-27-12-10-24)18-8-3-2-7-17(18)19/h2-8,13-14H,9-12H2,1H3,(H,23,25). The van der Waals surface area contributed by atoms with E-state index in [0.29, 0.717) is 30.2 Å². The van der Waals surface area contributed by atoms with Crippen LogP contribution in [0.2, 0.25) is 0 Å². The number of benzene rings is 2. The van der Waals surface area contributed by atoms with Gasteiger partial charge in [0.1, 0.15) is 11.6 Å². The molecule has 2 aromatic carbocycles. The number of hydrogen-bond donors (Lipinski definition) is 1. The van der Waals surface area contributed by atoms with Crippen molar-refractivity contribution in [1.82, 2.24) is 4.98 Å². The Morgan fingerprint density at radius 1 is 1.11 bits per heavy atom. The number of aromatic nitrogens is 1. The maximum absolute atomic E-state index is 12.9. The van der Waals surface area contributed by atoms with Crippen LogP contribution >= 0.6 is 0 Å². The number of methoxy groups -OCH3 is 1. The highest BCUT2D eigenvalue weighted by molar-refractivity contribution is 6.14. The van der Waals surface area contributed by atoms with Crippen LogP contribution in [0.4, 0.5) is 11.5 Å². The van der Waals surface area contributed by atoms with Crippen molar-refractivity contribution in [3.8, 4) is 5.75 Å². The molecule has 1 aliphatic heterocycles. The Hall–Kier alpha value is -3.12. The maximum Gasteiger partial charge on any atom is 0.257 e. The number of nitrogens with one attached hydrogen (secondary N) is 1. The van der Waals surface area contributed by atoms with Crippen LogP contribution in [0.1, 0.15) is 10.4 Å². The molecular weight excluding hydrogens is 342 g/mol. The highest BCUT2D eigenvalue weighted by Gasteiger charge is 2.19. The van der Waals surface area contributed by atoms with Crippen LogP contribution in [0.25, 0.3) is 10.8 Å². The molecule has 3 aromatic rings. The van der Waals surface area contributed by atoms with E-state index in [9.17, 15) is 4.79 Å². The van der Waals surface area contributed by atoms with Crippen LogP contribution in [-0.4, -0.2) is 44.3 Å². The summed E-state index contributed by atoms with van der Waals surface area (Å²) in [5.41, 5.74) is 1.23. The zero-order valence-electron chi connectivity index (χ0n) is 15.1. The number of morpholine rings is 1. The zero-order valence-corrected chi connectivity index (χ0v) is 15.1. The number of ether oxygens (including phenoxy) is 2. The molecule has 6 heteroatoms. The average molecular weight is 363 g/mol. The topological polar surface area (TPSA) is 63.7 Å². The van der Waals surface area contributed by atoms with Crippen molar-refractivity contribution in [3.63, 3.8) is 0 Å². The number of amides is 1. The minimum Gasteiger partial charge on any atom is -0.497 e. The first-order valence-corrected chi connectivity index (χ1v) is 8.92. The Kier molecular flexibility index (Phi) is 4.89. The summed E-state index contributed by atoms with van der Waals surface area (Å²) >= 11 is 0. The Bertz CT molecular complexity index is 968. The summed E-state index contributed by atoms with van der Waals surface area (Å²) in [7, 11) is 1.60. The first kappa shape index (κ1) is 17.3. The molecule has 0 bridgehead atoms. The molecular formula is C21H21N3O3. The number of anilines is 2. The second-order valence-electron chi connectivity index (χ2n) is 6.33. The Morgan fingerprint density at radius 2 is 1.89 bits per heavy atom. The molecule has 27 heavy (non-hydrogen) atoms. The number of fused-ring (bicyclic) bond motifs is 1. The monoisotopic (exact) mass is 363 g/mol. The fraction of sp³-hybridized carbons (Fsp3) is 0.238. The lowest BCUT2D eigenvalue weighted by Crippen LogP contribution is -2.37. The lowest BCUT2D eigenvalue weighted by atomic mass is 10.1. The number of pyridine rings is 1. The molecule has 0 aliphatic carbocycles. The van der Waals surface area contributed by atoms with Crippen molar-refractivity contribution in [1.29, 1.82) is 0 Å². The molecule has 6 nitrogen and oxygen atoms in total. The molecule has 1 amide bonds. The Morgan fingerprint density at radius 3 is 2.67 bits per heavy atom. The summed E-state index contributed by atoms with van der Waals surface area (Å²) in [5, 5.41) is 4.79. The fourth-order valence-electron chi connectivity index (χ4n) is 3.29. The number of rotatable bonds is 4. The van der Waals surface area contributed by atoms with Gasteiger partial charge < -0.3 is 19.7 Å². The SMILES string of the molecule is COc1cccc(NC(=O)c2cnc(N3CCOCC3)c3ccccc23)c1. The van der Waals surface area contributed by atoms with Crippen LogP contribution in [0, 0.1) is 0 Å². The van der Waals surface area contributed by atoms with E-state index in [1.165, 1.54) is 0 Å². The molecule has 1 saturated heterocycles. The van der Waals surface area contributed by atoms with Crippen molar-refractivity contribution in [2.45, 2.75) is 0 Å². The molecule has 1 aliphatic rings. The quantitative estimate of drug-likeness (QED) is 0.770. The molecule has 1 fully saturated rings. The van der Waals surface area contributed by atoms with Gasteiger partial charge in [-0.3, -0.25) is 4.79 Å². The smallest absolute Gasteiger partial charge is 0.257 e. The number of nitrogens with zero attached hydrogens (tertiary/aromatic N) is 2. The molecule has 0 saturated carbocycles. The van der Waals surface area contributed by atoms with E-state index in [4.69, 9.17) is 9.47 Å². The highest BCUT2D eigenvalue weighted by atomic mass is 16.5. The van der Waals surface area contributed by atoms with Crippen LogP contribution in [-0.2, 0) is 4.74 Å². The van der Waals surface area contributed by atoms with E-state index in [1.807, 2.05) is 42.5 Å². The summed E-state index contributed by atoms with van der Waals surface area (Å²) < 4.78 is 10.7. The summed E-state index contributed by atoms with van der Waals surface area (Å²) in [6.45, 7) is 2.97. The minimum absolute atomic E-state index is 0.194. The second-order valence-corrected chi connectivity index (χ2v) is 6.33. The van der Waals surface area contributed by atoms with E-state index in [1.54, 1.807) is 19.4 Å². The van der Waals surface area contributed by atoms with Gasteiger partial charge in [-0.25, -0.2) is 4.98 Å². The fourth-order valence-corrected chi connectivity index (χ4v) is 3.29. The number of hydrogen-bond acceptors (Lipinski definition) is 5. The molecule has 2 heterocycles. The summed E-state index contributed by atoms with van der Waals surface area (Å²) in [6.07, 6.45) is 1.66. The van der Waals surface area contributed by atoms with E-state index >= 15 is 0 Å². The van der Waals surface area contributed by atoms with Gasteiger partial charge in [0.2, 0.25) is 0 Å². The first-order valence-electron chi connectivity index (χ1n) is 8.92. The number of carbonyl (C=O) groups excluding carboxylic acids is 1. The third kappa shape index (κ3) is 3.57. The molecule has 0 atom stereocenters. The van der Waals surface area contributed by atoms with Crippen molar-refractivity contribution in [2.75, 3.05) is 43.6 Å². The van der Waals surface area contributed by atoms with Gasteiger partial charge in [-0.1, -0.05) is 30.3 Å². The van der Waals surface area contributed by atoms with Gasteiger partial charge in [0.05, 0.1) is 25.9 Å². The van der Waals surface area contributed by atoms with Gasteiger partial charge >= 0.3 is 0 Å². The molecule has 138 valence electrons. The van der Waals surface area contributed by atoms with Gasteiger partial charge in [0.25, 0.3) is 5.91 Å². The highest BCUT2D eigenvalue weighted by Crippen LogP contribution is 2.28. The van der Waals surface area contributed by atoms with E-state index < -0.39 is 0 Å². The lowest BCUT2D eigenvalue weighted by Gasteiger charge is -2.29. The van der Waals surface area contributed by atoms with Gasteiger partial charge in [-0.15, -0.1) is 0 Å². The lowest BCUT2D eigenvalue weighted by molar-refractivity contribution is 0.102. The summed E-state index contributed by atoms with van der Waals surface area (Å²) in [4.78, 5) is 19.7. The Balaban J connectivity index is 1.68. The van der Waals surface area contributed by atoms with Crippen molar-refractivity contribution in [3.05, 3.63) is 60.3 Å². The third-order valence-electron chi connectivity index (χ3n) is 4.66. The van der Waals surface area contributed by atoms with Gasteiger partial charge in [-0.2, -0.15) is 0 Å². The van der Waals surface area contributed by atoms with E-state index in [-0.39, 0.29) is 5.91 Å². The van der Waals surface area contributed by atoms with Crippen LogP contribution in [0.5, 0.6) is 5.75 Å². The van der Waals surface area contributed by atoms with Crippen LogP contribution < -0.4 is 15.0 Å². The normalized spacial score (nSPS) is 14.2. The van der Waals surface area contributed by atoms with Crippen molar-refractivity contribution < 1.29 is 14.3 Å². The molecule has 0 unspecified atom stereocenters. The summed E-state index contributed by atoms with van der Waals surface area (Å²) in [5.74, 6) is 1.39. The molecule has 1 aromatic heterocycles. The van der Waals surface area contributed by atoms with Crippen LogP contribution in [0.15, 0.2) is 54.7 Å². The molecule has 0 radical (unpaired) electrons. The minimum atomic E-state index is -0.194. The average Bonchev–Trinajstić information content (AvgIpc) is 2.73. The molecule has 4 rings (SSSR count). The largest absolute Gasteiger partial charge is 0.497 e. The summed E-state index contributed by atoms with van der Waals surface area (Å²) in [6, 6.07) is 15.2. The zero-order chi connectivity index (χ0) is 18.6. The van der Waals surface area contributed by atoms with Gasteiger partial charge in [0.15, 0.2) is 0 Å². The predicted octanol–water partition coefficient (Wildman–Crippen LogP) is 3.33. The van der Waals surface area contributed by atoms with Crippen molar-refractivity contribution >= 4 is 28.2 Å². The van der Waals surface area contributed by atoms with Gasteiger partial charge in [-0.05, 0) is 17.5 Å². The molecule has 0 spiro atoms. The number of carbonyl (C=O) groups is 1. The third-order valence-corrected chi connectivity index (χ3v) is 4.66. The van der Waals surface area contributed by atoms with E-state index in [0.717, 1.165) is 29.7 Å². The second kappa shape index (κ2) is 7.63. The van der Waals surface area contributed by atoms with Crippen molar-refractivity contribution in [2.24, 2.45) is 0 Å². The molecule has 1 N–H and O–H groups in total. The first-order chi connectivity index (χ1) is 13.3. The Labute approximate surface area is 157 Å². The predicted molar refractivity (Wildman–Crippen MR) is 106 cm³/mol. The van der Waals surface area contributed by atoms with Gasteiger partial charge in [0, 0.05) is 36.4 Å². The van der Waals surface area contributed by atoms with Crippen LogP contribution in [0.3, 0.4) is 0 Å². The van der Waals surface area contributed by atoms with E-state index in [2.05, 4.69) is 15.2 Å².